The molecule has 3 aromatic carbocycles. The number of aromatic nitrogens is 2. The van der Waals surface area contributed by atoms with E-state index < -0.39 is 0 Å². The van der Waals surface area contributed by atoms with E-state index in [0.29, 0.717) is 6.61 Å². The molecule has 142 valence electrons. The number of benzene rings is 3. The van der Waals surface area contributed by atoms with Crippen LogP contribution in [0.1, 0.15) is 22.5 Å². The maximum absolute atomic E-state index is 6.11. The molecule has 1 heterocycles. The minimum absolute atomic E-state index is 0.628. The minimum Gasteiger partial charge on any atom is -0.491 e. The molecule has 3 nitrogen and oxygen atoms in total. The van der Waals surface area contributed by atoms with Gasteiger partial charge < -0.3 is 9.30 Å². The highest BCUT2D eigenvalue weighted by molar-refractivity contribution is 5.75. The Morgan fingerprint density at radius 1 is 0.821 bits per heavy atom. The summed E-state index contributed by atoms with van der Waals surface area (Å²) < 4.78 is 8.42. The lowest BCUT2D eigenvalue weighted by atomic mass is 10.1. The van der Waals surface area contributed by atoms with Gasteiger partial charge in [0.25, 0.3) is 0 Å². The van der Waals surface area contributed by atoms with Gasteiger partial charge in [0.1, 0.15) is 18.2 Å². The van der Waals surface area contributed by atoms with Crippen LogP contribution in [0.2, 0.25) is 0 Å². The molecule has 0 N–H and O–H groups in total. The van der Waals surface area contributed by atoms with Gasteiger partial charge in [-0.25, -0.2) is 4.98 Å². The summed E-state index contributed by atoms with van der Waals surface area (Å²) in [6.45, 7) is 5.65. The topological polar surface area (TPSA) is 27.1 Å². The van der Waals surface area contributed by atoms with Crippen LogP contribution in [0.3, 0.4) is 0 Å². The number of hydrogen-bond donors (Lipinski definition) is 0. The van der Waals surface area contributed by atoms with E-state index in [2.05, 4.69) is 79.1 Å². The van der Waals surface area contributed by atoms with Crippen molar-refractivity contribution < 1.29 is 4.74 Å². The van der Waals surface area contributed by atoms with Gasteiger partial charge >= 0.3 is 0 Å². The van der Waals surface area contributed by atoms with E-state index in [4.69, 9.17) is 9.72 Å². The third-order valence-electron chi connectivity index (χ3n) is 5.34. The Labute approximate surface area is 166 Å². The highest BCUT2D eigenvalue weighted by atomic mass is 16.5. The van der Waals surface area contributed by atoms with Gasteiger partial charge in [-0.3, -0.25) is 0 Å². The summed E-state index contributed by atoms with van der Waals surface area (Å²) in [7, 11) is 0. The van der Waals surface area contributed by atoms with Crippen LogP contribution in [0.25, 0.3) is 11.0 Å². The van der Waals surface area contributed by atoms with E-state index in [0.717, 1.165) is 36.5 Å². The molecule has 0 spiro atoms. The number of nitrogens with zero attached hydrogens (tertiary/aromatic N) is 2. The quantitative estimate of drug-likeness (QED) is 0.428. The number of para-hydroxylation sites is 2. The SMILES string of the molecule is Cc1cccc(OCCn2c(CCc3ccccc3)nc3ccccc32)c1C. The first-order valence-corrected chi connectivity index (χ1v) is 9.89. The molecular formula is C25H26N2O. The first-order chi connectivity index (χ1) is 13.7. The summed E-state index contributed by atoms with van der Waals surface area (Å²) in [5.74, 6) is 2.09. The van der Waals surface area contributed by atoms with Crippen LogP contribution in [0.4, 0.5) is 0 Å². The minimum atomic E-state index is 0.628. The highest BCUT2D eigenvalue weighted by Gasteiger charge is 2.11. The van der Waals surface area contributed by atoms with Crippen LogP contribution in [0.15, 0.2) is 72.8 Å². The molecule has 0 radical (unpaired) electrons. The van der Waals surface area contributed by atoms with Crippen LogP contribution in [-0.2, 0) is 19.4 Å². The molecule has 0 atom stereocenters. The van der Waals surface area contributed by atoms with Crippen LogP contribution in [0, 0.1) is 13.8 Å². The monoisotopic (exact) mass is 370 g/mol. The van der Waals surface area contributed by atoms with Crippen molar-refractivity contribution in [2.45, 2.75) is 33.2 Å². The number of aryl methyl sites for hydroxylation is 3. The van der Waals surface area contributed by atoms with Gasteiger partial charge in [-0.05, 0) is 55.2 Å². The summed E-state index contributed by atoms with van der Waals surface area (Å²) in [6, 6.07) is 25.2. The number of hydrogen-bond acceptors (Lipinski definition) is 2. The summed E-state index contributed by atoms with van der Waals surface area (Å²) in [5.41, 5.74) is 6.04. The van der Waals surface area contributed by atoms with Crippen molar-refractivity contribution in [3.63, 3.8) is 0 Å². The summed E-state index contributed by atoms with van der Waals surface area (Å²) >= 11 is 0. The van der Waals surface area contributed by atoms with E-state index in [1.165, 1.54) is 22.2 Å². The molecule has 0 bridgehead atoms. The number of ether oxygens (including phenoxy) is 1. The normalized spacial score (nSPS) is 11.1. The fraction of sp³-hybridized carbons (Fsp3) is 0.240. The molecule has 1 aromatic heterocycles. The smallest absolute Gasteiger partial charge is 0.122 e. The molecule has 28 heavy (non-hydrogen) atoms. The van der Waals surface area contributed by atoms with E-state index in [1.54, 1.807) is 0 Å². The Balaban J connectivity index is 1.52. The Morgan fingerprint density at radius 2 is 1.61 bits per heavy atom. The molecule has 4 aromatic rings. The molecule has 0 aliphatic heterocycles. The maximum atomic E-state index is 6.11. The lowest BCUT2D eigenvalue weighted by Crippen LogP contribution is -2.12. The van der Waals surface area contributed by atoms with Gasteiger partial charge in [0.05, 0.1) is 17.6 Å². The first kappa shape index (κ1) is 18.3. The van der Waals surface area contributed by atoms with Crippen molar-refractivity contribution in [2.24, 2.45) is 0 Å². The van der Waals surface area contributed by atoms with Crippen molar-refractivity contribution in [2.75, 3.05) is 6.61 Å². The fourth-order valence-electron chi connectivity index (χ4n) is 3.59. The van der Waals surface area contributed by atoms with Crippen molar-refractivity contribution in [1.29, 1.82) is 0 Å². The van der Waals surface area contributed by atoms with Crippen molar-refractivity contribution in [3.8, 4) is 5.75 Å². The summed E-state index contributed by atoms with van der Waals surface area (Å²) in [6.07, 6.45) is 1.91. The predicted octanol–water partition coefficient (Wildman–Crippen LogP) is 5.52. The standard InChI is InChI=1S/C25H26N2O/c1-19-9-8-14-24(20(19)2)28-18-17-27-23-13-7-6-12-22(23)26-25(27)16-15-21-10-4-3-5-11-21/h3-14H,15-18H2,1-2H3. The molecule has 0 aliphatic carbocycles. The van der Waals surface area contributed by atoms with E-state index in [-0.39, 0.29) is 0 Å². The van der Waals surface area contributed by atoms with Crippen LogP contribution in [0.5, 0.6) is 5.75 Å². The van der Waals surface area contributed by atoms with E-state index in [1.807, 2.05) is 12.1 Å². The molecule has 0 unspecified atom stereocenters. The third-order valence-corrected chi connectivity index (χ3v) is 5.34. The second-order valence-electron chi connectivity index (χ2n) is 7.20. The molecule has 0 amide bonds. The van der Waals surface area contributed by atoms with Gasteiger partial charge in [0.15, 0.2) is 0 Å². The maximum Gasteiger partial charge on any atom is 0.122 e. The molecule has 0 aliphatic rings. The molecule has 3 heteroatoms. The Bertz CT molecular complexity index is 1070. The van der Waals surface area contributed by atoms with Crippen molar-refractivity contribution >= 4 is 11.0 Å². The fourth-order valence-corrected chi connectivity index (χ4v) is 3.59. The molecular weight excluding hydrogens is 344 g/mol. The Kier molecular flexibility index (Phi) is 5.43. The first-order valence-electron chi connectivity index (χ1n) is 9.89. The number of imidazole rings is 1. The van der Waals surface area contributed by atoms with Gasteiger partial charge in [0.2, 0.25) is 0 Å². The summed E-state index contributed by atoms with van der Waals surface area (Å²) in [5, 5.41) is 0. The average Bonchev–Trinajstić information content (AvgIpc) is 3.08. The summed E-state index contributed by atoms with van der Waals surface area (Å²) in [4.78, 5) is 4.89. The van der Waals surface area contributed by atoms with Crippen LogP contribution in [-0.4, -0.2) is 16.2 Å². The van der Waals surface area contributed by atoms with Gasteiger partial charge in [-0.2, -0.15) is 0 Å². The zero-order chi connectivity index (χ0) is 19.3. The molecule has 0 fully saturated rings. The second-order valence-corrected chi connectivity index (χ2v) is 7.20. The van der Waals surface area contributed by atoms with Gasteiger partial charge in [-0.1, -0.05) is 54.6 Å². The third kappa shape index (κ3) is 3.94. The lowest BCUT2D eigenvalue weighted by molar-refractivity contribution is 0.296. The molecule has 4 rings (SSSR count). The molecule has 0 saturated carbocycles. The number of rotatable bonds is 7. The van der Waals surface area contributed by atoms with Gasteiger partial charge in [-0.15, -0.1) is 0 Å². The van der Waals surface area contributed by atoms with Crippen LogP contribution < -0.4 is 4.74 Å². The second kappa shape index (κ2) is 8.30. The lowest BCUT2D eigenvalue weighted by Gasteiger charge is -2.13. The van der Waals surface area contributed by atoms with Crippen molar-refractivity contribution in [3.05, 3.63) is 95.3 Å². The van der Waals surface area contributed by atoms with Gasteiger partial charge in [0, 0.05) is 6.42 Å². The largest absolute Gasteiger partial charge is 0.491 e. The number of fused-ring (bicyclic) bond motifs is 1. The zero-order valence-corrected chi connectivity index (χ0v) is 16.6. The average molecular weight is 370 g/mol. The van der Waals surface area contributed by atoms with Crippen LogP contribution >= 0.6 is 0 Å². The Morgan fingerprint density at radius 3 is 2.46 bits per heavy atom. The van der Waals surface area contributed by atoms with E-state index in [9.17, 15) is 0 Å². The van der Waals surface area contributed by atoms with Crippen molar-refractivity contribution in [1.82, 2.24) is 9.55 Å². The van der Waals surface area contributed by atoms with E-state index >= 15 is 0 Å². The predicted molar refractivity (Wildman–Crippen MR) is 115 cm³/mol. The molecule has 0 saturated heterocycles. The highest BCUT2D eigenvalue weighted by Crippen LogP contribution is 2.22. The zero-order valence-electron chi connectivity index (χ0n) is 16.6. The Hall–Kier alpha value is -3.07.